The molecule has 0 fully saturated rings. The lowest BCUT2D eigenvalue weighted by molar-refractivity contribution is 0.102. The van der Waals surface area contributed by atoms with Crippen molar-refractivity contribution in [2.75, 3.05) is 18.4 Å². The van der Waals surface area contributed by atoms with Gasteiger partial charge in [0.1, 0.15) is 5.82 Å². The summed E-state index contributed by atoms with van der Waals surface area (Å²) in [4.78, 5) is 22.3. The van der Waals surface area contributed by atoms with Crippen molar-refractivity contribution in [3.63, 3.8) is 0 Å². The number of carbonyl (C=O) groups is 1. The number of halogens is 1. The molecule has 7 heteroatoms. The minimum Gasteiger partial charge on any atom is -0.306 e. The summed E-state index contributed by atoms with van der Waals surface area (Å²) in [6.07, 6.45) is 5.93. The highest BCUT2D eigenvalue weighted by molar-refractivity contribution is 6.03. The van der Waals surface area contributed by atoms with E-state index in [1.165, 1.54) is 30.0 Å². The number of amides is 1. The van der Waals surface area contributed by atoms with Gasteiger partial charge >= 0.3 is 0 Å². The Labute approximate surface area is 144 Å². The highest BCUT2D eigenvalue weighted by atomic mass is 19.1. The predicted octanol–water partition coefficient (Wildman–Crippen LogP) is 2.83. The van der Waals surface area contributed by atoms with Crippen molar-refractivity contribution in [2.24, 2.45) is 0 Å². The summed E-state index contributed by atoms with van der Waals surface area (Å²) in [6, 6.07) is 5.74. The van der Waals surface area contributed by atoms with Crippen molar-refractivity contribution in [1.82, 2.24) is 14.9 Å². The van der Waals surface area contributed by atoms with Gasteiger partial charge in [0.2, 0.25) is 0 Å². The number of nitrogens with one attached hydrogen (secondary N) is 1. The fourth-order valence-electron chi connectivity index (χ4n) is 2.62. The lowest BCUT2D eigenvalue weighted by Crippen LogP contribution is -2.26. The van der Waals surface area contributed by atoms with Gasteiger partial charge in [0.25, 0.3) is 5.91 Å². The first-order valence-corrected chi connectivity index (χ1v) is 7.80. The molecule has 1 N–H and O–H groups in total. The number of rotatable bonds is 3. The molecule has 0 bridgehead atoms. The predicted molar refractivity (Wildman–Crippen MR) is 90.8 cm³/mol. The van der Waals surface area contributed by atoms with Crippen LogP contribution in [0.25, 0.3) is 5.57 Å². The van der Waals surface area contributed by atoms with Gasteiger partial charge in [0, 0.05) is 6.54 Å². The minimum absolute atomic E-state index is 0.0520. The standard InChI is InChI=1S/C18H16FN5O/c1-12-6-7-24(11-20)10-14(12)16-8-22-17(9-21-16)23-18(25)13-4-2-3-5-15(13)19/h2-5,8-9H,6-7,10H2,1H3,(H,22,23,25). The van der Waals surface area contributed by atoms with Crippen molar-refractivity contribution < 1.29 is 9.18 Å². The molecule has 0 radical (unpaired) electrons. The first kappa shape index (κ1) is 16.6. The lowest BCUT2D eigenvalue weighted by Gasteiger charge is -2.25. The Bertz CT molecular complexity index is 870. The third-order valence-electron chi connectivity index (χ3n) is 4.08. The number of hydrogen-bond donors (Lipinski definition) is 1. The Morgan fingerprint density at radius 2 is 2.12 bits per heavy atom. The number of benzene rings is 1. The Morgan fingerprint density at radius 1 is 1.32 bits per heavy atom. The molecule has 126 valence electrons. The summed E-state index contributed by atoms with van der Waals surface area (Å²) in [5, 5.41) is 11.6. The average molecular weight is 337 g/mol. The zero-order valence-electron chi connectivity index (χ0n) is 13.7. The molecule has 0 atom stereocenters. The molecule has 1 amide bonds. The maximum atomic E-state index is 13.6. The average Bonchev–Trinajstić information content (AvgIpc) is 2.63. The third-order valence-corrected chi connectivity index (χ3v) is 4.08. The number of nitriles is 1. The maximum absolute atomic E-state index is 13.6. The van der Waals surface area contributed by atoms with Crippen molar-refractivity contribution in [1.29, 1.82) is 5.26 Å². The summed E-state index contributed by atoms with van der Waals surface area (Å²) < 4.78 is 13.6. The second-order valence-corrected chi connectivity index (χ2v) is 5.75. The number of aromatic nitrogens is 2. The molecule has 0 saturated heterocycles. The summed E-state index contributed by atoms with van der Waals surface area (Å²) in [7, 11) is 0. The van der Waals surface area contributed by atoms with Gasteiger partial charge in [-0.1, -0.05) is 17.7 Å². The smallest absolute Gasteiger partial charge is 0.259 e. The molecule has 1 aromatic heterocycles. The monoisotopic (exact) mass is 337 g/mol. The van der Waals surface area contributed by atoms with Crippen molar-refractivity contribution in [3.05, 3.63) is 59.3 Å². The van der Waals surface area contributed by atoms with Crippen LogP contribution in [0.5, 0.6) is 0 Å². The topological polar surface area (TPSA) is 81.9 Å². The van der Waals surface area contributed by atoms with Crippen LogP contribution in [-0.2, 0) is 0 Å². The van der Waals surface area contributed by atoms with E-state index >= 15 is 0 Å². The summed E-state index contributed by atoms with van der Waals surface area (Å²) in [5.41, 5.74) is 2.75. The Kier molecular flexibility index (Phi) is 4.70. The molecular weight excluding hydrogens is 321 g/mol. The molecule has 3 rings (SSSR count). The van der Waals surface area contributed by atoms with Gasteiger partial charge in [-0.15, -0.1) is 0 Å². The van der Waals surface area contributed by atoms with Crippen LogP contribution in [0.1, 0.15) is 29.4 Å². The summed E-state index contributed by atoms with van der Waals surface area (Å²) >= 11 is 0. The summed E-state index contributed by atoms with van der Waals surface area (Å²) in [5.74, 6) is -0.934. The zero-order chi connectivity index (χ0) is 17.8. The molecule has 0 aliphatic carbocycles. The van der Waals surface area contributed by atoms with E-state index in [0.29, 0.717) is 18.8 Å². The number of carbonyl (C=O) groups excluding carboxylic acids is 1. The maximum Gasteiger partial charge on any atom is 0.259 e. The number of nitrogens with zero attached hydrogens (tertiary/aromatic N) is 4. The van der Waals surface area contributed by atoms with Crippen LogP contribution >= 0.6 is 0 Å². The second kappa shape index (κ2) is 7.09. The van der Waals surface area contributed by atoms with Gasteiger partial charge in [-0.3, -0.25) is 9.78 Å². The Hall–Kier alpha value is -3.27. The van der Waals surface area contributed by atoms with Crippen LogP contribution in [0.15, 0.2) is 42.2 Å². The number of anilines is 1. The lowest BCUT2D eigenvalue weighted by atomic mass is 9.99. The van der Waals surface area contributed by atoms with E-state index in [-0.39, 0.29) is 11.4 Å². The quantitative estimate of drug-likeness (QED) is 0.871. The van der Waals surface area contributed by atoms with Gasteiger partial charge in [0.05, 0.1) is 30.2 Å². The van der Waals surface area contributed by atoms with E-state index < -0.39 is 11.7 Å². The highest BCUT2D eigenvalue weighted by Crippen LogP contribution is 2.24. The van der Waals surface area contributed by atoms with Crippen molar-refractivity contribution >= 4 is 17.3 Å². The fourth-order valence-corrected chi connectivity index (χ4v) is 2.62. The third kappa shape index (κ3) is 3.63. The van der Waals surface area contributed by atoms with Crippen molar-refractivity contribution in [3.8, 4) is 6.19 Å². The molecule has 1 aliphatic heterocycles. The molecule has 0 unspecified atom stereocenters. The largest absolute Gasteiger partial charge is 0.306 e. The molecule has 0 spiro atoms. The second-order valence-electron chi connectivity index (χ2n) is 5.75. The molecule has 1 aliphatic rings. The van der Waals surface area contributed by atoms with Crippen LogP contribution in [0.2, 0.25) is 0 Å². The van der Waals surface area contributed by atoms with E-state index in [2.05, 4.69) is 21.5 Å². The van der Waals surface area contributed by atoms with Crippen molar-refractivity contribution in [2.45, 2.75) is 13.3 Å². The molecule has 0 saturated carbocycles. The molecule has 2 heterocycles. The van der Waals surface area contributed by atoms with Gasteiger partial charge < -0.3 is 10.2 Å². The first-order chi connectivity index (χ1) is 12.1. The van der Waals surface area contributed by atoms with Gasteiger partial charge in [0.15, 0.2) is 12.0 Å². The normalized spacial score (nSPS) is 14.2. The van der Waals surface area contributed by atoms with Gasteiger partial charge in [-0.05, 0) is 31.1 Å². The molecular formula is C18H16FN5O. The van der Waals surface area contributed by atoms with Crippen LogP contribution < -0.4 is 5.32 Å². The first-order valence-electron chi connectivity index (χ1n) is 7.80. The molecule has 25 heavy (non-hydrogen) atoms. The Morgan fingerprint density at radius 3 is 2.80 bits per heavy atom. The SMILES string of the molecule is CC1=C(c2cnc(NC(=O)c3ccccc3F)cn2)CN(C#N)CC1. The van der Waals surface area contributed by atoms with E-state index in [9.17, 15) is 9.18 Å². The fraction of sp³-hybridized carbons (Fsp3) is 0.222. The van der Waals surface area contributed by atoms with Crippen LogP contribution in [0.4, 0.5) is 10.2 Å². The van der Waals surface area contributed by atoms with E-state index in [4.69, 9.17) is 5.26 Å². The molecule has 2 aromatic rings. The van der Waals surface area contributed by atoms with Gasteiger partial charge in [-0.25, -0.2) is 9.37 Å². The van der Waals surface area contributed by atoms with Gasteiger partial charge in [-0.2, -0.15) is 5.26 Å². The van der Waals surface area contributed by atoms with E-state index in [0.717, 1.165) is 12.0 Å². The molecule has 1 aromatic carbocycles. The molecule has 6 nitrogen and oxygen atoms in total. The zero-order valence-corrected chi connectivity index (χ0v) is 13.7. The summed E-state index contributed by atoms with van der Waals surface area (Å²) in [6.45, 7) is 3.22. The van der Waals surface area contributed by atoms with E-state index in [1.54, 1.807) is 17.2 Å². The van der Waals surface area contributed by atoms with E-state index in [1.807, 2.05) is 6.92 Å². The van der Waals surface area contributed by atoms with Crippen LogP contribution in [-0.4, -0.2) is 33.9 Å². The van der Waals surface area contributed by atoms with Crippen LogP contribution in [0, 0.1) is 17.3 Å². The number of hydrogen-bond acceptors (Lipinski definition) is 5. The van der Waals surface area contributed by atoms with Crippen LogP contribution in [0.3, 0.4) is 0 Å². The minimum atomic E-state index is -0.593. The Balaban J connectivity index is 1.76. The highest BCUT2D eigenvalue weighted by Gasteiger charge is 2.18.